The number of ether oxygens (including phenoxy) is 3. The second-order valence-corrected chi connectivity index (χ2v) is 11.2. The van der Waals surface area contributed by atoms with Gasteiger partial charge in [-0.25, -0.2) is 14.6 Å². The number of esters is 1. The van der Waals surface area contributed by atoms with Gasteiger partial charge in [-0.1, -0.05) is 23.2 Å². The Morgan fingerprint density at radius 1 is 0.977 bits per heavy atom. The van der Waals surface area contributed by atoms with Crippen molar-refractivity contribution in [3.63, 3.8) is 0 Å². The lowest BCUT2D eigenvalue weighted by molar-refractivity contribution is -0.163. The van der Waals surface area contributed by atoms with E-state index in [-0.39, 0.29) is 92.1 Å². The van der Waals surface area contributed by atoms with Crippen LogP contribution in [0, 0.1) is 0 Å². The molecular formula is C29H34Cl2N4O9. The number of nitrogens with one attached hydrogen (secondary N) is 1. The molecule has 1 saturated heterocycles. The van der Waals surface area contributed by atoms with E-state index in [0.717, 1.165) is 0 Å². The van der Waals surface area contributed by atoms with E-state index in [4.69, 9.17) is 37.4 Å². The van der Waals surface area contributed by atoms with Crippen LogP contribution in [0.15, 0.2) is 18.2 Å². The van der Waals surface area contributed by atoms with Gasteiger partial charge in [-0.3, -0.25) is 14.4 Å². The van der Waals surface area contributed by atoms with Crippen LogP contribution in [0.2, 0.25) is 10.0 Å². The van der Waals surface area contributed by atoms with Crippen LogP contribution in [-0.4, -0.2) is 101 Å². The predicted octanol–water partition coefficient (Wildman–Crippen LogP) is 3.67. The monoisotopic (exact) mass is 652 g/mol. The SMILES string of the molecule is CCOC(=O)CCC(NC(=O)c1cc(OC2(C(=O)O)CCC2)c2cc(Cl)c(Cl)cc2n1)C(=O)N1CCN(C(=O)OCC)CC1. The molecule has 2 N–H and O–H groups in total. The number of piperazine rings is 1. The third-order valence-corrected chi connectivity index (χ3v) is 8.29. The highest BCUT2D eigenvalue weighted by Crippen LogP contribution is 2.40. The highest BCUT2D eigenvalue weighted by atomic mass is 35.5. The Morgan fingerprint density at radius 3 is 2.20 bits per heavy atom. The molecule has 4 rings (SSSR count). The number of nitrogens with zero attached hydrogens (tertiary/aromatic N) is 3. The third-order valence-electron chi connectivity index (χ3n) is 7.56. The Kier molecular flexibility index (Phi) is 10.7. The van der Waals surface area contributed by atoms with Crippen molar-refractivity contribution in [2.45, 2.75) is 57.6 Å². The Labute approximate surface area is 263 Å². The van der Waals surface area contributed by atoms with Gasteiger partial charge in [-0.15, -0.1) is 0 Å². The minimum atomic E-state index is -1.46. The van der Waals surface area contributed by atoms with Crippen LogP contribution in [0.25, 0.3) is 10.9 Å². The summed E-state index contributed by atoms with van der Waals surface area (Å²) in [5.41, 5.74) is -1.39. The highest BCUT2D eigenvalue weighted by molar-refractivity contribution is 6.42. The number of aliphatic carboxylic acids is 1. The fraction of sp³-hybridized carbons (Fsp3) is 0.517. The van der Waals surface area contributed by atoms with Gasteiger partial charge in [0.15, 0.2) is 0 Å². The molecule has 2 aromatic rings. The maximum atomic E-state index is 13.6. The molecule has 1 atom stereocenters. The third kappa shape index (κ3) is 7.44. The average molecular weight is 654 g/mol. The Balaban J connectivity index is 1.60. The number of pyridine rings is 1. The standard InChI is InChI=1S/C29H34Cl2N4O9/c1-3-42-24(36)7-6-20(26(38)34-10-12-35(13-11-34)28(41)43-4-2)33-25(37)22-16-23(44-29(27(39)40)8-5-9-29)17-14-18(30)19(31)15-21(17)32-22/h14-16,20H,3-13H2,1-2H3,(H,33,37)(H,39,40). The van der Waals surface area contributed by atoms with E-state index in [1.54, 1.807) is 13.8 Å². The number of carboxylic acids is 1. The van der Waals surface area contributed by atoms with E-state index < -0.39 is 41.5 Å². The molecule has 2 fully saturated rings. The average Bonchev–Trinajstić information content (AvgIpc) is 2.97. The molecular weight excluding hydrogens is 619 g/mol. The molecule has 1 aliphatic heterocycles. The van der Waals surface area contributed by atoms with Gasteiger partial charge in [0.1, 0.15) is 17.5 Å². The molecule has 238 valence electrons. The molecule has 1 saturated carbocycles. The second-order valence-electron chi connectivity index (χ2n) is 10.4. The number of rotatable bonds is 11. The lowest BCUT2D eigenvalue weighted by Gasteiger charge is -2.38. The van der Waals surface area contributed by atoms with E-state index in [1.165, 1.54) is 28.0 Å². The van der Waals surface area contributed by atoms with Crippen LogP contribution in [0.4, 0.5) is 4.79 Å². The molecule has 1 aromatic carbocycles. The molecule has 0 radical (unpaired) electrons. The van der Waals surface area contributed by atoms with Crippen LogP contribution in [0.1, 0.15) is 56.4 Å². The van der Waals surface area contributed by atoms with Crippen molar-refractivity contribution in [1.82, 2.24) is 20.1 Å². The largest absolute Gasteiger partial charge is 0.478 e. The summed E-state index contributed by atoms with van der Waals surface area (Å²) in [6, 6.07) is 3.09. The van der Waals surface area contributed by atoms with Crippen molar-refractivity contribution in [3.8, 4) is 5.75 Å². The van der Waals surface area contributed by atoms with Gasteiger partial charge in [-0.2, -0.15) is 0 Å². The summed E-state index contributed by atoms with van der Waals surface area (Å²) in [5, 5.41) is 13.2. The molecule has 2 heterocycles. The topological polar surface area (TPSA) is 165 Å². The van der Waals surface area contributed by atoms with Crippen LogP contribution in [0.5, 0.6) is 5.75 Å². The van der Waals surface area contributed by atoms with Gasteiger partial charge >= 0.3 is 18.0 Å². The maximum absolute atomic E-state index is 13.6. The van der Waals surface area contributed by atoms with Gasteiger partial charge < -0.3 is 34.4 Å². The minimum absolute atomic E-state index is 0.0536. The van der Waals surface area contributed by atoms with Crippen molar-refractivity contribution in [3.05, 3.63) is 33.9 Å². The van der Waals surface area contributed by atoms with E-state index in [0.29, 0.717) is 11.8 Å². The molecule has 13 nitrogen and oxygen atoms in total. The summed E-state index contributed by atoms with van der Waals surface area (Å²) in [7, 11) is 0. The van der Waals surface area contributed by atoms with Crippen molar-refractivity contribution >= 4 is 64.0 Å². The zero-order chi connectivity index (χ0) is 32.0. The van der Waals surface area contributed by atoms with Gasteiger partial charge in [0.25, 0.3) is 5.91 Å². The first-order valence-electron chi connectivity index (χ1n) is 14.4. The minimum Gasteiger partial charge on any atom is -0.478 e. The summed E-state index contributed by atoms with van der Waals surface area (Å²) in [6.45, 7) is 4.64. The maximum Gasteiger partial charge on any atom is 0.409 e. The van der Waals surface area contributed by atoms with E-state index in [2.05, 4.69) is 10.3 Å². The summed E-state index contributed by atoms with van der Waals surface area (Å²) < 4.78 is 16.0. The number of amides is 3. The smallest absolute Gasteiger partial charge is 0.409 e. The lowest BCUT2D eigenvalue weighted by atomic mass is 9.80. The number of carbonyl (C=O) groups is 5. The molecule has 1 unspecified atom stereocenters. The number of halogens is 2. The van der Waals surface area contributed by atoms with E-state index >= 15 is 0 Å². The van der Waals surface area contributed by atoms with Gasteiger partial charge in [-0.05, 0) is 51.7 Å². The van der Waals surface area contributed by atoms with Crippen molar-refractivity contribution in [2.24, 2.45) is 0 Å². The molecule has 0 bridgehead atoms. The molecule has 2 aliphatic rings. The molecule has 0 spiro atoms. The Hall–Kier alpha value is -3.84. The molecule has 15 heteroatoms. The van der Waals surface area contributed by atoms with Gasteiger partial charge in [0.05, 0.1) is 28.8 Å². The second kappa shape index (κ2) is 14.3. The van der Waals surface area contributed by atoms with Gasteiger partial charge in [0.2, 0.25) is 11.5 Å². The zero-order valence-electron chi connectivity index (χ0n) is 24.4. The quantitative estimate of drug-likeness (QED) is 0.342. The Bertz CT molecular complexity index is 1440. The number of hydrogen-bond donors (Lipinski definition) is 2. The van der Waals surface area contributed by atoms with Crippen molar-refractivity contribution < 1.29 is 43.3 Å². The van der Waals surface area contributed by atoms with Crippen molar-refractivity contribution in [2.75, 3.05) is 39.4 Å². The first kappa shape index (κ1) is 33.1. The Morgan fingerprint density at radius 2 is 1.61 bits per heavy atom. The number of carboxylic acid groups (broad SMARTS) is 1. The van der Waals surface area contributed by atoms with Crippen molar-refractivity contribution in [1.29, 1.82) is 0 Å². The number of aromatic nitrogens is 1. The van der Waals surface area contributed by atoms with E-state index in [9.17, 15) is 29.1 Å². The zero-order valence-corrected chi connectivity index (χ0v) is 25.9. The fourth-order valence-electron chi connectivity index (χ4n) is 4.99. The molecule has 1 aliphatic carbocycles. The van der Waals surface area contributed by atoms with Crippen LogP contribution >= 0.6 is 23.2 Å². The highest BCUT2D eigenvalue weighted by Gasteiger charge is 2.47. The number of benzene rings is 1. The summed E-state index contributed by atoms with van der Waals surface area (Å²) >= 11 is 12.4. The molecule has 1 aromatic heterocycles. The number of fused-ring (bicyclic) bond motifs is 1. The lowest BCUT2D eigenvalue weighted by Crippen LogP contribution is -2.56. The molecule has 44 heavy (non-hydrogen) atoms. The normalized spacial score (nSPS) is 16.5. The predicted molar refractivity (Wildman–Crippen MR) is 159 cm³/mol. The fourth-order valence-corrected chi connectivity index (χ4v) is 5.31. The summed E-state index contributed by atoms with van der Waals surface area (Å²) in [5.74, 6) is -2.79. The number of hydrogen-bond acceptors (Lipinski definition) is 9. The number of carbonyl (C=O) groups excluding carboxylic acids is 4. The first-order valence-corrected chi connectivity index (χ1v) is 15.1. The first-order chi connectivity index (χ1) is 21.0. The summed E-state index contributed by atoms with van der Waals surface area (Å²) in [4.78, 5) is 70.8. The van der Waals surface area contributed by atoms with Crippen LogP contribution < -0.4 is 10.1 Å². The molecule has 3 amide bonds. The van der Waals surface area contributed by atoms with Gasteiger partial charge in [0, 0.05) is 44.1 Å². The van der Waals surface area contributed by atoms with Crippen LogP contribution in [-0.2, 0) is 23.9 Å². The summed E-state index contributed by atoms with van der Waals surface area (Å²) in [6.07, 6.45) is 0.559. The van der Waals surface area contributed by atoms with Crippen LogP contribution in [0.3, 0.4) is 0 Å². The van der Waals surface area contributed by atoms with E-state index in [1.807, 2.05) is 0 Å².